The fraction of sp³-hybridized carbons (Fsp3) is 0.600. The van der Waals surface area contributed by atoms with Gasteiger partial charge in [0.05, 0.1) is 38.6 Å². The highest BCUT2D eigenvalue weighted by Gasteiger charge is 2.49. The number of nitrogens with one attached hydrogen (secondary N) is 2. The molecule has 0 radical (unpaired) electrons. The molecule has 8 heteroatoms. The molecule has 0 spiro atoms. The van der Waals surface area contributed by atoms with Crippen LogP contribution in [-0.2, 0) is 9.53 Å². The molecule has 1 aliphatic heterocycles. The molecule has 2 bridgehead atoms. The third kappa shape index (κ3) is 4.53. The summed E-state index contributed by atoms with van der Waals surface area (Å²) in [5.41, 5.74) is 1.80. The Balaban J connectivity index is 1.62. The molecule has 1 saturated heterocycles. The molecule has 2 N–H and O–H groups in total. The zero-order valence-electron chi connectivity index (χ0n) is 20.5. The van der Waals surface area contributed by atoms with Crippen LogP contribution >= 0.6 is 0 Å². The van der Waals surface area contributed by atoms with E-state index in [9.17, 15) is 9.59 Å². The van der Waals surface area contributed by atoms with Crippen molar-refractivity contribution >= 4 is 28.5 Å². The predicted octanol–water partition coefficient (Wildman–Crippen LogP) is 4.20. The van der Waals surface area contributed by atoms with Gasteiger partial charge in [0.15, 0.2) is 11.5 Å². The zero-order chi connectivity index (χ0) is 24.0. The van der Waals surface area contributed by atoms with Gasteiger partial charge in [0, 0.05) is 24.0 Å². The zero-order valence-corrected chi connectivity index (χ0v) is 20.5. The van der Waals surface area contributed by atoms with Crippen molar-refractivity contribution in [1.82, 2.24) is 9.88 Å². The number of ether oxygens (including phenoxy) is 3. The summed E-state index contributed by atoms with van der Waals surface area (Å²) in [6, 6.07) is 3.91. The highest BCUT2D eigenvalue weighted by atomic mass is 16.5. The Kier molecular flexibility index (Phi) is 6.07. The molecule has 0 unspecified atom stereocenters. The molecule has 1 aromatic heterocycles. The van der Waals surface area contributed by atoms with E-state index in [0.717, 1.165) is 19.4 Å². The summed E-state index contributed by atoms with van der Waals surface area (Å²) in [4.78, 5) is 31.2. The molecule has 1 saturated carbocycles. The summed E-state index contributed by atoms with van der Waals surface area (Å²) in [5, 5.41) is 3.66. The maximum absolute atomic E-state index is 13.2. The van der Waals surface area contributed by atoms with Crippen molar-refractivity contribution in [3.05, 3.63) is 17.8 Å². The van der Waals surface area contributed by atoms with Gasteiger partial charge in [0.2, 0.25) is 5.91 Å². The summed E-state index contributed by atoms with van der Waals surface area (Å²) in [6.07, 6.45) is 3.39. The van der Waals surface area contributed by atoms with Gasteiger partial charge in [-0.1, -0.05) is 20.8 Å². The molecule has 1 aromatic carbocycles. The van der Waals surface area contributed by atoms with Gasteiger partial charge in [-0.25, -0.2) is 4.79 Å². The Morgan fingerprint density at radius 1 is 1.15 bits per heavy atom. The van der Waals surface area contributed by atoms with Crippen LogP contribution in [0.3, 0.4) is 0 Å². The van der Waals surface area contributed by atoms with Crippen LogP contribution in [0.1, 0.15) is 57.4 Å². The number of hydrogen-bond acceptors (Lipinski definition) is 6. The van der Waals surface area contributed by atoms with E-state index in [2.05, 4.69) is 36.0 Å². The molecule has 2 heterocycles. The number of esters is 1. The van der Waals surface area contributed by atoms with E-state index < -0.39 is 5.97 Å². The third-order valence-electron chi connectivity index (χ3n) is 6.92. The number of H-pyrrole nitrogens is 1. The quantitative estimate of drug-likeness (QED) is 0.606. The number of rotatable bonds is 7. The van der Waals surface area contributed by atoms with Gasteiger partial charge in [-0.15, -0.1) is 0 Å². The minimum Gasteiger partial charge on any atom is -0.493 e. The topological polar surface area (TPSA) is 92.9 Å². The van der Waals surface area contributed by atoms with Gasteiger partial charge in [-0.2, -0.15) is 0 Å². The number of amides is 1. The van der Waals surface area contributed by atoms with Crippen LogP contribution in [0.25, 0.3) is 10.9 Å². The smallest absolute Gasteiger partial charge is 0.356 e. The maximum atomic E-state index is 13.2. The van der Waals surface area contributed by atoms with E-state index in [1.807, 2.05) is 0 Å². The minimum atomic E-state index is -0.520. The van der Waals surface area contributed by atoms with Crippen LogP contribution in [-0.4, -0.2) is 61.7 Å². The van der Waals surface area contributed by atoms with Crippen molar-refractivity contribution in [2.75, 3.05) is 39.2 Å². The number of hydrogen-bond donors (Lipinski definition) is 2. The number of likely N-dealkylation sites (tertiary alicyclic amines) is 1. The van der Waals surface area contributed by atoms with E-state index >= 15 is 0 Å². The second-order valence-corrected chi connectivity index (χ2v) is 10.5. The van der Waals surface area contributed by atoms with Crippen molar-refractivity contribution in [1.29, 1.82) is 0 Å². The fourth-order valence-electron chi connectivity index (χ4n) is 6.13. The van der Waals surface area contributed by atoms with E-state index in [0.29, 0.717) is 40.7 Å². The van der Waals surface area contributed by atoms with Crippen molar-refractivity contribution in [2.24, 2.45) is 10.8 Å². The van der Waals surface area contributed by atoms with Crippen LogP contribution in [0.15, 0.2) is 12.1 Å². The van der Waals surface area contributed by atoms with E-state index in [1.54, 1.807) is 33.3 Å². The van der Waals surface area contributed by atoms with Crippen LogP contribution in [0.5, 0.6) is 11.5 Å². The molecular formula is C25H35N3O5. The van der Waals surface area contributed by atoms with Gasteiger partial charge >= 0.3 is 5.97 Å². The summed E-state index contributed by atoms with van der Waals surface area (Å²) < 4.78 is 16.0. The Morgan fingerprint density at radius 2 is 1.85 bits per heavy atom. The van der Waals surface area contributed by atoms with Gasteiger partial charge in [0.1, 0.15) is 5.69 Å². The van der Waals surface area contributed by atoms with Crippen molar-refractivity contribution in [3.8, 4) is 11.5 Å². The minimum absolute atomic E-state index is 0.148. The summed E-state index contributed by atoms with van der Waals surface area (Å²) in [7, 11) is 3.10. The molecule has 1 aliphatic carbocycles. The molecule has 4 rings (SSSR count). The second-order valence-electron chi connectivity index (χ2n) is 10.5. The number of nitrogens with zero attached hydrogens (tertiary/aromatic N) is 1. The number of carbonyl (C=O) groups excluding carboxylic acids is 2. The summed E-state index contributed by atoms with van der Waals surface area (Å²) in [5.74, 6) is 0.372. The molecule has 33 heavy (non-hydrogen) atoms. The molecular weight excluding hydrogens is 422 g/mol. The lowest BCUT2D eigenvalue weighted by atomic mass is 9.65. The first-order chi connectivity index (χ1) is 15.6. The van der Waals surface area contributed by atoms with Gasteiger partial charge in [0.25, 0.3) is 0 Å². The number of carbonyl (C=O) groups is 2. The summed E-state index contributed by atoms with van der Waals surface area (Å²) in [6.45, 7) is 10.2. The van der Waals surface area contributed by atoms with Gasteiger partial charge in [-0.05, 0) is 43.1 Å². The van der Waals surface area contributed by atoms with E-state index in [1.165, 1.54) is 6.42 Å². The Bertz CT molecular complexity index is 1080. The lowest BCUT2D eigenvalue weighted by Gasteiger charge is -2.39. The Hall–Kier alpha value is -2.74. The first-order valence-corrected chi connectivity index (χ1v) is 11.6. The Morgan fingerprint density at radius 3 is 2.52 bits per heavy atom. The van der Waals surface area contributed by atoms with Crippen LogP contribution in [0, 0.1) is 10.8 Å². The van der Waals surface area contributed by atoms with Crippen molar-refractivity contribution < 1.29 is 23.8 Å². The maximum Gasteiger partial charge on any atom is 0.356 e. The number of anilines is 1. The number of fused-ring (bicyclic) bond motifs is 3. The fourth-order valence-corrected chi connectivity index (χ4v) is 6.13. The molecule has 1 amide bonds. The molecule has 180 valence electrons. The first kappa shape index (κ1) is 23.4. The third-order valence-corrected chi connectivity index (χ3v) is 6.92. The monoisotopic (exact) mass is 457 g/mol. The van der Waals surface area contributed by atoms with E-state index in [4.69, 9.17) is 14.2 Å². The number of aromatic nitrogens is 1. The first-order valence-electron chi connectivity index (χ1n) is 11.6. The van der Waals surface area contributed by atoms with Crippen LogP contribution in [0.4, 0.5) is 5.69 Å². The van der Waals surface area contributed by atoms with Gasteiger partial charge in [-0.3, -0.25) is 9.69 Å². The number of aromatic amines is 1. The van der Waals surface area contributed by atoms with Crippen LogP contribution < -0.4 is 14.8 Å². The predicted molar refractivity (Wildman–Crippen MR) is 127 cm³/mol. The highest BCUT2D eigenvalue weighted by Crippen LogP contribution is 2.52. The highest BCUT2D eigenvalue weighted by molar-refractivity contribution is 6.11. The second kappa shape index (κ2) is 8.56. The SMILES string of the molecule is CCOC(=O)c1[nH]c2cc(OC)c(OC)cc2c1NC(=O)CN1C[C@@]2(C)C[C@@H]1CC(C)(C)C2. The molecule has 2 aromatic rings. The largest absolute Gasteiger partial charge is 0.493 e. The summed E-state index contributed by atoms with van der Waals surface area (Å²) >= 11 is 0. The van der Waals surface area contributed by atoms with Crippen LogP contribution in [0.2, 0.25) is 0 Å². The lowest BCUT2D eigenvalue weighted by molar-refractivity contribution is -0.117. The van der Waals surface area contributed by atoms with Crippen molar-refractivity contribution in [2.45, 2.75) is 53.0 Å². The molecule has 8 nitrogen and oxygen atoms in total. The molecule has 2 aliphatic rings. The van der Waals surface area contributed by atoms with Crippen molar-refractivity contribution in [3.63, 3.8) is 0 Å². The molecule has 2 atom stereocenters. The Labute approximate surface area is 194 Å². The van der Waals surface area contributed by atoms with E-state index in [-0.39, 0.29) is 29.0 Å². The van der Waals surface area contributed by atoms with Gasteiger partial charge < -0.3 is 24.5 Å². The number of benzene rings is 1. The number of methoxy groups -OCH3 is 2. The average Bonchev–Trinajstić information content (AvgIpc) is 3.19. The normalized spacial score (nSPS) is 24.0. The standard InChI is InChI=1S/C25H35N3O5/c1-7-33-23(30)22-21(16-8-18(31-5)19(32-6)9-17(16)26-22)27-20(29)12-28-14-25(4)11-15(28)10-24(2,3)13-25/h8-9,15,26H,7,10-14H2,1-6H3,(H,27,29)/t15-,25-/m0/s1. The lowest BCUT2D eigenvalue weighted by Crippen LogP contribution is -2.38. The molecule has 2 fully saturated rings. The average molecular weight is 458 g/mol.